The van der Waals surface area contributed by atoms with E-state index in [1.807, 2.05) is 0 Å². The fourth-order valence-electron chi connectivity index (χ4n) is 4.57. The summed E-state index contributed by atoms with van der Waals surface area (Å²) in [6.45, 7) is 4.50. The summed E-state index contributed by atoms with van der Waals surface area (Å²) in [6, 6.07) is 0. The highest BCUT2D eigenvalue weighted by molar-refractivity contribution is 7.87. The zero-order valence-electron chi connectivity index (χ0n) is 36.7. The Kier molecular flexibility index (Phi) is 26.4. The first-order valence-electron chi connectivity index (χ1n) is 19.5. The van der Waals surface area contributed by atoms with Crippen LogP contribution >= 0.6 is 0 Å². The summed E-state index contributed by atoms with van der Waals surface area (Å²) in [5.41, 5.74) is 0. The number of alkyl halides is 26. The Morgan fingerprint density at radius 3 is 0.905 bits per heavy atom. The highest BCUT2D eigenvalue weighted by Crippen LogP contribution is 2.64. The normalized spacial score (nSPS) is 15.1. The molecule has 0 spiro atoms. The molecule has 74 heavy (non-hydrogen) atoms. The van der Waals surface area contributed by atoms with Crippen molar-refractivity contribution in [3.05, 3.63) is 0 Å². The van der Waals surface area contributed by atoms with Crippen molar-refractivity contribution in [1.29, 1.82) is 0 Å². The molecule has 1 atom stereocenters. The first-order chi connectivity index (χ1) is 32.3. The Hall–Kier alpha value is -3.15. The molecule has 0 aliphatic heterocycles. The zero-order valence-corrected chi connectivity index (χ0v) is 39.1. The van der Waals surface area contributed by atoms with E-state index in [2.05, 4.69) is 13.8 Å². The van der Waals surface area contributed by atoms with Gasteiger partial charge in [-0.15, -0.1) is 0 Å². The lowest BCUT2D eigenvalue weighted by Crippen LogP contribution is -2.74. The zero-order chi connectivity index (χ0) is 60.3. The van der Waals surface area contributed by atoms with E-state index in [1.54, 1.807) is 0 Å². The van der Waals surface area contributed by atoms with Gasteiger partial charge in [-0.05, 0) is 12.8 Å². The van der Waals surface area contributed by atoms with Crippen LogP contribution in [0.15, 0.2) is 0 Å². The lowest BCUT2D eigenvalue weighted by Gasteiger charge is -2.42. The molecular formula is C32H40F26O13S3. The summed E-state index contributed by atoms with van der Waals surface area (Å²) in [4.78, 5) is 23.8. The summed E-state index contributed by atoms with van der Waals surface area (Å²) < 4.78 is 418. The van der Waals surface area contributed by atoms with Crippen molar-refractivity contribution >= 4 is 42.3 Å². The fourth-order valence-corrected chi connectivity index (χ4v) is 6.13. The van der Waals surface area contributed by atoms with Crippen LogP contribution in [0.5, 0.6) is 0 Å². The number of hydrogen-bond acceptors (Lipinski definition) is 10. The van der Waals surface area contributed by atoms with Crippen LogP contribution in [-0.4, -0.2) is 140 Å². The van der Waals surface area contributed by atoms with E-state index in [4.69, 9.17) is 18.6 Å². The summed E-state index contributed by atoms with van der Waals surface area (Å²) >= 11 is 0. The lowest BCUT2D eigenvalue weighted by atomic mass is 9.91. The molecule has 0 aliphatic carbocycles. The number of ether oxygens (including phenoxy) is 2. The van der Waals surface area contributed by atoms with Crippen LogP contribution in [-0.2, 0) is 49.4 Å². The van der Waals surface area contributed by atoms with Crippen molar-refractivity contribution in [1.82, 2.24) is 0 Å². The van der Waals surface area contributed by atoms with Gasteiger partial charge in [-0.25, -0.2) is 0 Å². The van der Waals surface area contributed by atoms with E-state index in [-0.39, 0.29) is 13.2 Å². The van der Waals surface area contributed by atoms with Crippen LogP contribution in [0.4, 0.5) is 114 Å². The minimum absolute atomic E-state index is 0.0732. The molecule has 0 aromatic carbocycles. The van der Waals surface area contributed by atoms with E-state index in [9.17, 15) is 154 Å². The van der Waals surface area contributed by atoms with Crippen LogP contribution < -0.4 is 0 Å². The second-order valence-electron chi connectivity index (χ2n) is 14.7. The van der Waals surface area contributed by atoms with Crippen LogP contribution in [0, 0.1) is 0 Å². The molecule has 0 bridgehead atoms. The lowest BCUT2D eigenvalue weighted by molar-refractivity contribution is -0.458. The molecule has 0 rings (SSSR count). The monoisotopic (exact) mass is 1220 g/mol. The van der Waals surface area contributed by atoms with Gasteiger partial charge in [0.05, 0.1) is 19.6 Å². The van der Waals surface area contributed by atoms with Crippen molar-refractivity contribution in [2.45, 2.75) is 173 Å². The van der Waals surface area contributed by atoms with Gasteiger partial charge in [0, 0.05) is 0 Å². The van der Waals surface area contributed by atoms with Gasteiger partial charge in [0.25, 0.3) is 10.1 Å². The molecule has 0 radical (unpaired) electrons. The Bertz CT molecular complexity index is 2130. The number of halogens is 26. The minimum Gasteiger partial charge on any atom is -0.466 e. The molecule has 0 saturated heterocycles. The van der Waals surface area contributed by atoms with Gasteiger partial charge in [-0.2, -0.15) is 139 Å². The predicted molar refractivity (Wildman–Crippen MR) is 193 cm³/mol. The third-order valence-electron chi connectivity index (χ3n) is 8.93. The third-order valence-corrected chi connectivity index (χ3v) is 11.8. The van der Waals surface area contributed by atoms with Gasteiger partial charge in [0.15, 0.2) is 5.25 Å². The van der Waals surface area contributed by atoms with Crippen molar-refractivity contribution in [3.63, 3.8) is 0 Å². The predicted octanol–water partition coefficient (Wildman–Crippen LogP) is 11.6. The van der Waals surface area contributed by atoms with E-state index < -0.39 is 124 Å². The van der Waals surface area contributed by atoms with E-state index >= 15 is 0 Å². The molecule has 13 nitrogen and oxygen atoms in total. The van der Waals surface area contributed by atoms with Crippen LogP contribution in [0.3, 0.4) is 0 Å². The second kappa shape index (κ2) is 26.0. The second-order valence-corrected chi connectivity index (χ2v) is 19.2. The topological polar surface area (TPSA) is 216 Å². The van der Waals surface area contributed by atoms with Gasteiger partial charge in [-0.1, -0.05) is 78.1 Å². The van der Waals surface area contributed by atoms with Gasteiger partial charge < -0.3 is 9.47 Å². The molecular weight excluding hydrogens is 1180 g/mol. The number of carbonyl (C=O) groups is 2. The average molecular weight is 1220 g/mol. The first kappa shape index (κ1) is 75.1. The first-order valence-corrected chi connectivity index (χ1v) is 23.8. The molecule has 0 fully saturated rings. The molecule has 0 aliphatic rings. The van der Waals surface area contributed by atoms with Crippen LogP contribution in [0.2, 0.25) is 0 Å². The van der Waals surface area contributed by atoms with Crippen LogP contribution in [0.25, 0.3) is 0 Å². The number of hydrogen-bond donors (Lipinski definition) is 3. The van der Waals surface area contributed by atoms with Crippen molar-refractivity contribution < 1.29 is 172 Å². The summed E-state index contributed by atoms with van der Waals surface area (Å²) in [5, 5.41) is -16.8. The fraction of sp³-hybridized carbons (Fsp3) is 0.938. The molecule has 0 amide bonds. The number of esters is 2. The summed E-state index contributed by atoms with van der Waals surface area (Å²) in [6.07, 6.45) is -3.67. The molecule has 3 N–H and O–H groups in total. The molecule has 0 saturated carbocycles. The molecule has 0 aromatic heterocycles. The third kappa shape index (κ3) is 16.9. The number of unbranched alkanes of at least 4 members (excludes halogenated alkanes) is 10. The number of rotatable bonds is 28. The van der Waals surface area contributed by atoms with Crippen molar-refractivity contribution in [2.24, 2.45) is 0 Å². The molecule has 446 valence electrons. The Balaban J connectivity index is -0.00000106. The smallest absolute Gasteiger partial charge is 0.460 e. The standard InChI is InChI=1S/C20H38O7S.C8HF17O3S.C4HF9O3S/c1-3-5-7-9-11-13-15-26-19(21)17-18(28(23,24)25)20(22)27-16-14-12-10-8-6-4-2;9-1(10,3(13,14)5(17,18)7(21,22)23)2(11,12)4(15,16)6(19,20)8(24,25)29(26,27)28;5-1(6,3(9,10)11)2(7,8)4(12,13)17(14,15)16/h18H,3-17H2,1-2H3,(H,23,24,25);(H,26,27,28);(H,14,15,16). The van der Waals surface area contributed by atoms with E-state index in [0.29, 0.717) is 12.8 Å². The maximum Gasteiger partial charge on any atom is 0.460 e. The van der Waals surface area contributed by atoms with Crippen molar-refractivity contribution in [3.8, 4) is 0 Å². The molecule has 42 heteroatoms. The summed E-state index contributed by atoms with van der Waals surface area (Å²) in [5.74, 6) is -68.6. The molecule has 1 unspecified atom stereocenters. The van der Waals surface area contributed by atoms with Crippen LogP contribution in [0.1, 0.15) is 97.3 Å². The Morgan fingerprint density at radius 1 is 0.378 bits per heavy atom. The highest BCUT2D eigenvalue weighted by atomic mass is 32.2. The Labute approximate surface area is 400 Å². The van der Waals surface area contributed by atoms with E-state index in [1.165, 1.54) is 6.42 Å². The Morgan fingerprint density at radius 2 is 0.622 bits per heavy atom. The van der Waals surface area contributed by atoms with Gasteiger partial charge in [0.1, 0.15) is 0 Å². The average Bonchev–Trinajstić information content (AvgIpc) is 3.19. The van der Waals surface area contributed by atoms with Gasteiger partial charge in [-0.3, -0.25) is 23.2 Å². The summed E-state index contributed by atoms with van der Waals surface area (Å²) in [7, 11) is -19.8. The molecule has 0 heterocycles. The maximum absolute atomic E-state index is 13.0. The largest absolute Gasteiger partial charge is 0.466 e. The highest BCUT2D eigenvalue weighted by Gasteiger charge is 2.96. The van der Waals surface area contributed by atoms with Crippen molar-refractivity contribution in [2.75, 3.05) is 13.2 Å². The molecule has 0 aromatic rings. The van der Waals surface area contributed by atoms with Gasteiger partial charge >= 0.3 is 102 Å². The minimum atomic E-state index is -8.89. The quantitative estimate of drug-likeness (QED) is 0.0288. The van der Waals surface area contributed by atoms with E-state index in [0.717, 1.165) is 57.8 Å². The maximum atomic E-state index is 13.0. The van der Waals surface area contributed by atoms with Gasteiger partial charge in [0.2, 0.25) is 0 Å². The SMILES string of the molecule is CCCCCCCCOC(=O)CC(C(=O)OCCCCCCCC)S(=O)(=O)O.O=S(=O)(O)C(F)(F)C(F)(F)C(F)(F)C(F)(F)C(F)(F)C(F)(F)C(F)(F)C(F)(F)F.O=S(=O)(O)C(F)(F)C(F)(F)C(F)(F)C(F)(F)F. The number of carbonyl (C=O) groups excluding carboxylic acids is 2.